The fourth-order valence-corrected chi connectivity index (χ4v) is 1.68. The predicted molar refractivity (Wildman–Crippen MR) is 53.2 cm³/mol. The molecule has 1 aliphatic heterocycles. The summed E-state index contributed by atoms with van der Waals surface area (Å²) in [5, 5.41) is 12.1. The van der Waals surface area contributed by atoms with Gasteiger partial charge >= 0.3 is 0 Å². The van der Waals surface area contributed by atoms with Crippen LogP contribution in [0.25, 0.3) is 0 Å². The Morgan fingerprint density at radius 3 is 2.67 bits per heavy atom. The van der Waals surface area contributed by atoms with E-state index in [4.69, 9.17) is 0 Å². The van der Waals surface area contributed by atoms with Crippen LogP contribution in [0.4, 0.5) is 0 Å². The second-order valence-electron chi connectivity index (χ2n) is 3.53. The van der Waals surface area contributed by atoms with Crippen molar-refractivity contribution in [3.63, 3.8) is 0 Å². The quantitative estimate of drug-likeness (QED) is 0.716. The van der Waals surface area contributed by atoms with Crippen LogP contribution in [-0.2, 0) is 9.59 Å². The van der Waals surface area contributed by atoms with Crippen molar-refractivity contribution in [3.8, 4) is 5.75 Å². The third-order valence-electron chi connectivity index (χ3n) is 2.47. The first-order valence-electron chi connectivity index (χ1n) is 4.78. The number of aromatic hydroxyl groups is 1. The summed E-state index contributed by atoms with van der Waals surface area (Å²) in [7, 11) is 0. The van der Waals surface area contributed by atoms with Crippen LogP contribution < -0.4 is 5.32 Å². The summed E-state index contributed by atoms with van der Waals surface area (Å²) < 4.78 is 0. The molecule has 1 aromatic rings. The molecule has 1 unspecified atom stereocenters. The van der Waals surface area contributed by atoms with Crippen LogP contribution in [0, 0.1) is 0 Å². The maximum Gasteiger partial charge on any atom is 0.221 e. The number of carbonyl (C=O) groups excluding carboxylic acids is 2. The van der Waals surface area contributed by atoms with Crippen LogP contribution in [0.1, 0.15) is 24.4 Å². The number of ketones is 1. The summed E-state index contributed by atoms with van der Waals surface area (Å²) in [6, 6.07) is 5.86. The summed E-state index contributed by atoms with van der Waals surface area (Å²) >= 11 is 0. The summed E-state index contributed by atoms with van der Waals surface area (Å²) in [5.41, 5.74) is 0.468. The number of para-hydroxylation sites is 1. The first kappa shape index (κ1) is 9.71. The predicted octanol–water partition coefficient (Wildman–Crippen LogP) is 0.912. The second-order valence-corrected chi connectivity index (χ2v) is 3.53. The highest BCUT2D eigenvalue weighted by atomic mass is 16.3. The Hall–Kier alpha value is -1.84. The molecule has 0 aromatic heterocycles. The zero-order valence-electron chi connectivity index (χ0n) is 8.06. The minimum absolute atomic E-state index is 0.0399. The van der Waals surface area contributed by atoms with Gasteiger partial charge in [0.1, 0.15) is 11.8 Å². The average molecular weight is 205 g/mol. The van der Waals surface area contributed by atoms with Gasteiger partial charge in [0, 0.05) is 18.4 Å². The SMILES string of the molecule is O=C1CCC(=O)C(c2ccccc2O)N1. The van der Waals surface area contributed by atoms with Gasteiger partial charge in [-0.3, -0.25) is 9.59 Å². The first-order chi connectivity index (χ1) is 7.18. The topological polar surface area (TPSA) is 66.4 Å². The van der Waals surface area contributed by atoms with Gasteiger partial charge in [0.15, 0.2) is 5.78 Å². The molecule has 1 heterocycles. The molecular weight excluding hydrogens is 194 g/mol. The Morgan fingerprint density at radius 2 is 1.93 bits per heavy atom. The maximum absolute atomic E-state index is 11.6. The van der Waals surface area contributed by atoms with E-state index in [1.54, 1.807) is 18.2 Å². The molecule has 4 nitrogen and oxygen atoms in total. The number of benzene rings is 1. The van der Waals surface area contributed by atoms with Crippen LogP contribution in [0.5, 0.6) is 5.75 Å². The molecule has 1 atom stereocenters. The summed E-state index contributed by atoms with van der Waals surface area (Å²) in [5.74, 6) is -0.169. The number of carbonyl (C=O) groups is 2. The van der Waals surface area contributed by atoms with E-state index in [0.717, 1.165) is 0 Å². The lowest BCUT2D eigenvalue weighted by molar-refractivity contribution is -0.133. The number of hydrogen-bond donors (Lipinski definition) is 2. The Balaban J connectivity index is 2.33. The zero-order valence-corrected chi connectivity index (χ0v) is 8.06. The van der Waals surface area contributed by atoms with E-state index in [9.17, 15) is 14.7 Å². The minimum atomic E-state index is -0.688. The second kappa shape index (κ2) is 3.73. The van der Waals surface area contributed by atoms with Crippen molar-refractivity contribution in [1.82, 2.24) is 5.32 Å². The summed E-state index contributed by atoms with van der Waals surface area (Å²) in [6.45, 7) is 0. The molecule has 1 fully saturated rings. The molecule has 1 aromatic carbocycles. The molecule has 2 rings (SSSR count). The normalized spacial score (nSPS) is 21.2. The van der Waals surface area contributed by atoms with Gasteiger partial charge in [-0.15, -0.1) is 0 Å². The number of phenols is 1. The van der Waals surface area contributed by atoms with Crippen LogP contribution >= 0.6 is 0 Å². The fraction of sp³-hybridized carbons (Fsp3) is 0.273. The van der Waals surface area contributed by atoms with E-state index in [-0.39, 0.29) is 30.3 Å². The van der Waals surface area contributed by atoms with E-state index in [1.165, 1.54) is 6.07 Å². The van der Waals surface area contributed by atoms with Crippen molar-refractivity contribution in [1.29, 1.82) is 0 Å². The molecule has 4 heteroatoms. The molecule has 1 amide bonds. The zero-order chi connectivity index (χ0) is 10.8. The van der Waals surface area contributed by atoms with E-state index < -0.39 is 6.04 Å². The van der Waals surface area contributed by atoms with Gasteiger partial charge in [0.2, 0.25) is 5.91 Å². The summed E-state index contributed by atoms with van der Waals surface area (Å²) in [6.07, 6.45) is 0.480. The van der Waals surface area contributed by atoms with Gasteiger partial charge in [-0.25, -0.2) is 0 Å². The molecule has 15 heavy (non-hydrogen) atoms. The van der Waals surface area contributed by atoms with E-state index in [1.807, 2.05) is 0 Å². The van der Waals surface area contributed by atoms with Crippen LogP contribution in [-0.4, -0.2) is 16.8 Å². The standard InChI is InChI=1S/C11H11NO3/c13-8-4-2-1-3-7(8)11-9(14)5-6-10(15)12-11/h1-4,11,13H,5-6H2,(H,12,15). The fourth-order valence-electron chi connectivity index (χ4n) is 1.68. The largest absolute Gasteiger partial charge is 0.508 e. The maximum atomic E-state index is 11.6. The number of phenolic OH excluding ortho intramolecular Hbond substituents is 1. The van der Waals surface area contributed by atoms with Crippen molar-refractivity contribution >= 4 is 11.7 Å². The molecule has 0 aliphatic carbocycles. The molecule has 1 aliphatic rings. The highest BCUT2D eigenvalue weighted by Gasteiger charge is 2.29. The van der Waals surface area contributed by atoms with Gasteiger partial charge < -0.3 is 10.4 Å². The Kier molecular flexibility index (Phi) is 2.41. The number of Topliss-reactive ketones (excluding diaryl/α,β-unsaturated/α-hetero) is 1. The van der Waals surface area contributed by atoms with Crippen molar-refractivity contribution in [2.45, 2.75) is 18.9 Å². The molecule has 1 saturated heterocycles. The van der Waals surface area contributed by atoms with Gasteiger partial charge in [-0.2, -0.15) is 0 Å². The van der Waals surface area contributed by atoms with Gasteiger partial charge in [-0.05, 0) is 6.07 Å². The minimum Gasteiger partial charge on any atom is -0.508 e. The first-order valence-corrected chi connectivity index (χ1v) is 4.78. The molecule has 0 spiro atoms. The lowest BCUT2D eigenvalue weighted by Gasteiger charge is -2.22. The molecule has 0 bridgehead atoms. The Bertz CT molecular complexity index is 414. The number of amides is 1. The van der Waals surface area contributed by atoms with Crippen molar-refractivity contribution in [3.05, 3.63) is 29.8 Å². The van der Waals surface area contributed by atoms with E-state index in [0.29, 0.717) is 5.56 Å². The lowest BCUT2D eigenvalue weighted by atomic mass is 9.95. The average Bonchev–Trinajstić information content (AvgIpc) is 2.23. The molecule has 0 saturated carbocycles. The van der Waals surface area contributed by atoms with Gasteiger partial charge in [0.25, 0.3) is 0 Å². The van der Waals surface area contributed by atoms with Crippen LogP contribution in [0.15, 0.2) is 24.3 Å². The van der Waals surface area contributed by atoms with Crippen molar-refractivity contribution in [2.75, 3.05) is 0 Å². The third kappa shape index (κ3) is 1.83. The van der Waals surface area contributed by atoms with Crippen molar-refractivity contribution < 1.29 is 14.7 Å². The number of rotatable bonds is 1. The number of nitrogens with one attached hydrogen (secondary N) is 1. The van der Waals surface area contributed by atoms with E-state index in [2.05, 4.69) is 5.32 Å². The molecular formula is C11H11NO3. The van der Waals surface area contributed by atoms with Crippen molar-refractivity contribution in [2.24, 2.45) is 0 Å². The van der Waals surface area contributed by atoms with Crippen LogP contribution in [0.3, 0.4) is 0 Å². The van der Waals surface area contributed by atoms with Gasteiger partial charge in [-0.1, -0.05) is 18.2 Å². The molecule has 0 radical (unpaired) electrons. The smallest absolute Gasteiger partial charge is 0.221 e. The summed E-state index contributed by atoms with van der Waals surface area (Å²) in [4.78, 5) is 22.7. The van der Waals surface area contributed by atoms with E-state index >= 15 is 0 Å². The number of piperidine rings is 1. The monoisotopic (exact) mass is 205 g/mol. The molecule has 78 valence electrons. The molecule has 2 N–H and O–H groups in total. The Morgan fingerprint density at radius 1 is 1.20 bits per heavy atom. The highest BCUT2D eigenvalue weighted by molar-refractivity contribution is 5.96. The van der Waals surface area contributed by atoms with Crippen LogP contribution in [0.2, 0.25) is 0 Å². The van der Waals surface area contributed by atoms with Gasteiger partial charge in [0.05, 0.1) is 0 Å². The lowest BCUT2D eigenvalue weighted by Crippen LogP contribution is -2.38. The third-order valence-corrected chi connectivity index (χ3v) is 2.47. The number of hydrogen-bond acceptors (Lipinski definition) is 3. The Labute approximate surface area is 86.9 Å². The highest BCUT2D eigenvalue weighted by Crippen LogP contribution is 2.27.